The first kappa shape index (κ1) is 15.5. The summed E-state index contributed by atoms with van der Waals surface area (Å²) in [4.78, 5) is 3.98. The third-order valence-corrected chi connectivity index (χ3v) is 8.85. The van der Waals surface area contributed by atoms with Crippen LogP contribution < -0.4 is 4.98 Å². The van der Waals surface area contributed by atoms with Crippen LogP contribution in [0.15, 0.2) is 0 Å². The molecule has 0 aromatic carbocycles. The summed E-state index contributed by atoms with van der Waals surface area (Å²) in [5.74, 6) is 0.977. The third kappa shape index (κ3) is 6.77. The summed E-state index contributed by atoms with van der Waals surface area (Å²) in [5, 5.41) is 0. The van der Waals surface area contributed by atoms with Crippen LogP contribution in [-0.2, 0) is 0 Å². The summed E-state index contributed by atoms with van der Waals surface area (Å²) < 4.78 is 0. The second-order valence-corrected chi connectivity index (χ2v) is 15.7. The lowest BCUT2D eigenvalue weighted by Gasteiger charge is -2.31. The fourth-order valence-electron chi connectivity index (χ4n) is 2.95. The molecule has 17 heavy (non-hydrogen) atoms. The highest BCUT2D eigenvalue weighted by atomic mass is 28.3. The summed E-state index contributed by atoms with van der Waals surface area (Å²) >= 11 is 0. The van der Waals surface area contributed by atoms with Crippen LogP contribution in [0.3, 0.4) is 0 Å². The van der Waals surface area contributed by atoms with Crippen molar-refractivity contribution in [1.82, 2.24) is 4.98 Å². The standard InChI is InChI=1S/C14H33NSi2/c1-13(14-9-7-6-8-10-14)15-16(2)11-12-17(3,4)5/h13-16H,6-12H2,1-5H3. The van der Waals surface area contributed by atoms with E-state index in [1.54, 1.807) is 0 Å². The van der Waals surface area contributed by atoms with Gasteiger partial charge >= 0.3 is 0 Å². The van der Waals surface area contributed by atoms with Crippen molar-refractivity contribution in [2.24, 2.45) is 5.92 Å². The number of hydrogen-bond acceptors (Lipinski definition) is 1. The first-order valence-electron chi connectivity index (χ1n) is 7.64. The van der Waals surface area contributed by atoms with Crippen LogP contribution in [0, 0.1) is 5.92 Å². The van der Waals surface area contributed by atoms with Crippen LogP contribution in [0.1, 0.15) is 39.0 Å². The normalized spacial score (nSPS) is 22.4. The van der Waals surface area contributed by atoms with Crippen LogP contribution >= 0.6 is 0 Å². The van der Waals surface area contributed by atoms with Crippen LogP contribution in [-0.4, -0.2) is 23.1 Å². The van der Waals surface area contributed by atoms with Gasteiger partial charge in [-0.15, -0.1) is 0 Å². The lowest BCUT2D eigenvalue weighted by molar-refractivity contribution is 0.303. The van der Waals surface area contributed by atoms with Crippen molar-refractivity contribution < 1.29 is 0 Å². The summed E-state index contributed by atoms with van der Waals surface area (Å²) in [6.07, 6.45) is 7.38. The Morgan fingerprint density at radius 1 is 1.18 bits per heavy atom. The molecular weight excluding hydrogens is 238 g/mol. The second kappa shape index (κ2) is 7.10. The Balaban J connectivity index is 2.22. The van der Waals surface area contributed by atoms with E-state index in [1.807, 2.05) is 0 Å². The highest BCUT2D eigenvalue weighted by molar-refractivity contribution is 6.77. The van der Waals surface area contributed by atoms with Gasteiger partial charge in [0.25, 0.3) is 0 Å². The average Bonchev–Trinajstić information content (AvgIpc) is 2.27. The van der Waals surface area contributed by atoms with Gasteiger partial charge in [0.2, 0.25) is 0 Å². The summed E-state index contributed by atoms with van der Waals surface area (Å²) in [5.41, 5.74) is 0. The largest absolute Gasteiger partial charge is 0.337 e. The minimum atomic E-state index is -0.816. The molecule has 0 radical (unpaired) electrons. The van der Waals surface area contributed by atoms with E-state index in [-0.39, 0.29) is 0 Å². The Bertz CT molecular complexity index is 207. The minimum absolute atomic E-state index is 0.646. The highest BCUT2D eigenvalue weighted by Gasteiger charge is 2.22. The quantitative estimate of drug-likeness (QED) is 0.713. The molecule has 2 atom stereocenters. The molecular formula is C14H33NSi2. The molecule has 0 saturated heterocycles. The lowest BCUT2D eigenvalue weighted by atomic mass is 9.85. The molecule has 102 valence electrons. The van der Waals surface area contributed by atoms with Gasteiger partial charge < -0.3 is 4.98 Å². The number of nitrogens with one attached hydrogen (secondary N) is 1. The molecule has 2 unspecified atom stereocenters. The van der Waals surface area contributed by atoms with E-state index in [1.165, 1.54) is 44.2 Å². The number of rotatable bonds is 6. The van der Waals surface area contributed by atoms with E-state index in [0.29, 0.717) is 0 Å². The Kier molecular flexibility index (Phi) is 6.45. The van der Waals surface area contributed by atoms with Gasteiger partial charge in [-0.25, -0.2) is 0 Å². The zero-order valence-corrected chi connectivity index (χ0v) is 14.8. The molecule has 1 saturated carbocycles. The van der Waals surface area contributed by atoms with Crippen molar-refractivity contribution in [1.29, 1.82) is 0 Å². The Morgan fingerprint density at radius 3 is 2.29 bits per heavy atom. The molecule has 0 aromatic rings. The molecule has 0 bridgehead atoms. The maximum absolute atomic E-state index is 3.98. The first-order chi connectivity index (χ1) is 7.88. The molecule has 1 N–H and O–H groups in total. The molecule has 1 aliphatic carbocycles. The summed E-state index contributed by atoms with van der Waals surface area (Å²) in [6, 6.07) is 3.82. The Morgan fingerprint density at radius 2 is 1.76 bits per heavy atom. The van der Waals surface area contributed by atoms with Crippen LogP contribution in [0.5, 0.6) is 0 Å². The molecule has 1 fully saturated rings. The van der Waals surface area contributed by atoms with Gasteiger partial charge in [0.15, 0.2) is 0 Å². The van der Waals surface area contributed by atoms with Gasteiger partial charge in [0.1, 0.15) is 8.96 Å². The first-order valence-corrected chi connectivity index (χ1v) is 13.9. The second-order valence-electron chi connectivity index (χ2n) is 7.35. The summed E-state index contributed by atoms with van der Waals surface area (Å²) in [6.45, 7) is 12.4. The number of hydrogen-bond donors (Lipinski definition) is 1. The van der Waals surface area contributed by atoms with Crippen molar-refractivity contribution >= 4 is 17.0 Å². The van der Waals surface area contributed by atoms with E-state index < -0.39 is 17.0 Å². The Labute approximate surface area is 111 Å². The highest BCUT2D eigenvalue weighted by Crippen LogP contribution is 2.26. The predicted octanol–water partition coefficient (Wildman–Crippen LogP) is 4.24. The van der Waals surface area contributed by atoms with Gasteiger partial charge in [-0.3, -0.25) is 0 Å². The zero-order chi connectivity index (χ0) is 12.9. The molecule has 0 aliphatic heterocycles. The fourth-order valence-corrected chi connectivity index (χ4v) is 9.48. The van der Waals surface area contributed by atoms with Crippen LogP contribution in [0.25, 0.3) is 0 Å². The third-order valence-electron chi connectivity index (χ3n) is 4.23. The van der Waals surface area contributed by atoms with Gasteiger partial charge in [-0.1, -0.05) is 58.4 Å². The van der Waals surface area contributed by atoms with Crippen molar-refractivity contribution in [3.05, 3.63) is 0 Å². The molecule has 0 spiro atoms. The summed E-state index contributed by atoms with van der Waals surface area (Å²) in [7, 11) is -1.46. The molecule has 1 aliphatic rings. The molecule has 1 nitrogen and oxygen atoms in total. The molecule has 0 aromatic heterocycles. The smallest absolute Gasteiger partial charge is 0.105 e. The zero-order valence-electron chi connectivity index (χ0n) is 12.7. The van der Waals surface area contributed by atoms with E-state index in [4.69, 9.17) is 0 Å². The van der Waals surface area contributed by atoms with E-state index in [9.17, 15) is 0 Å². The van der Waals surface area contributed by atoms with E-state index >= 15 is 0 Å². The fraction of sp³-hybridized carbons (Fsp3) is 1.00. The van der Waals surface area contributed by atoms with Crippen LogP contribution in [0.4, 0.5) is 0 Å². The molecule has 0 amide bonds. The SMILES string of the molecule is CC(N[SiH](C)CC[Si](C)(C)C)C1CCCCC1. The van der Waals surface area contributed by atoms with E-state index in [2.05, 4.69) is 38.1 Å². The Hall–Kier alpha value is 0.394. The van der Waals surface area contributed by atoms with E-state index in [0.717, 1.165) is 12.0 Å². The maximum atomic E-state index is 3.98. The van der Waals surface area contributed by atoms with Gasteiger partial charge in [0, 0.05) is 14.1 Å². The van der Waals surface area contributed by atoms with Gasteiger partial charge in [0.05, 0.1) is 0 Å². The molecule has 1 rings (SSSR count). The predicted molar refractivity (Wildman–Crippen MR) is 85.1 cm³/mol. The monoisotopic (exact) mass is 271 g/mol. The van der Waals surface area contributed by atoms with Crippen molar-refractivity contribution in [2.45, 2.75) is 83.3 Å². The maximum Gasteiger partial charge on any atom is 0.105 e. The van der Waals surface area contributed by atoms with Crippen molar-refractivity contribution in [2.75, 3.05) is 0 Å². The molecule has 0 heterocycles. The topological polar surface area (TPSA) is 12.0 Å². The van der Waals surface area contributed by atoms with Gasteiger partial charge in [-0.2, -0.15) is 0 Å². The lowest BCUT2D eigenvalue weighted by Crippen LogP contribution is -2.43. The van der Waals surface area contributed by atoms with Gasteiger partial charge in [-0.05, 0) is 24.8 Å². The van der Waals surface area contributed by atoms with Crippen molar-refractivity contribution in [3.63, 3.8) is 0 Å². The van der Waals surface area contributed by atoms with Crippen LogP contribution in [0.2, 0.25) is 38.3 Å². The molecule has 3 heteroatoms. The minimum Gasteiger partial charge on any atom is -0.337 e. The average molecular weight is 272 g/mol. The van der Waals surface area contributed by atoms with Crippen molar-refractivity contribution in [3.8, 4) is 0 Å².